The Hall–Kier alpha value is 0.470. The van der Waals surface area contributed by atoms with Crippen molar-refractivity contribution in [2.75, 3.05) is 7.11 Å². The van der Waals surface area contributed by atoms with E-state index in [1.54, 1.807) is 7.11 Å². The molecule has 6 atom stereocenters. The van der Waals surface area contributed by atoms with E-state index in [1.165, 1.54) is 3.57 Å². The van der Waals surface area contributed by atoms with Crippen LogP contribution in [0.25, 0.3) is 0 Å². The van der Waals surface area contributed by atoms with E-state index in [0.717, 1.165) is 5.75 Å². The number of benzene rings is 1. The van der Waals surface area contributed by atoms with E-state index in [-0.39, 0.29) is 0 Å². The van der Waals surface area contributed by atoms with Crippen LogP contribution in [0.4, 0.5) is 25.2 Å². The summed E-state index contributed by atoms with van der Waals surface area (Å²) in [6, 6.07) is 7.92. The molecule has 13 nitrogen and oxygen atoms in total. The van der Waals surface area contributed by atoms with Crippen molar-refractivity contribution in [3.63, 3.8) is 0 Å². The quantitative estimate of drug-likeness (QED) is 0.134. The Morgan fingerprint density at radius 2 is 0.727 bits per heavy atom. The van der Waals surface area contributed by atoms with Crippen LogP contribution >= 0.6 is 72.6 Å². The average molecular weight is 738 g/mol. The minimum atomic E-state index is -3.63. The lowest BCUT2D eigenvalue weighted by Crippen LogP contribution is -1.80. The number of hydrogen-bond acceptors (Lipinski definition) is 7. The molecule has 6 unspecified atom stereocenters. The molecular weight excluding hydrogens is 719 g/mol. The van der Waals surface area contributed by atoms with Crippen LogP contribution in [0.3, 0.4) is 0 Å². The number of rotatable bonds is 1. The first-order chi connectivity index (χ1) is 14.7. The highest BCUT2D eigenvalue weighted by Gasteiger charge is 1.86. The molecule has 0 radical (unpaired) electrons. The van der Waals surface area contributed by atoms with Crippen molar-refractivity contribution in [2.24, 2.45) is 0 Å². The van der Waals surface area contributed by atoms with Gasteiger partial charge < -0.3 is 34.1 Å². The maximum atomic E-state index is 10.1. The van der Waals surface area contributed by atoms with E-state index in [1.807, 2.05) is 24.3 Å². The Labute approximate surface area is 199 Å². The van der Waals surface area contributed by atoms with E-state index in [2.05, 4.69) is 22.6 Å². The molecule has 0 aromatic heterocycles. The van der Waals surface area contributed by atoms with Gasteiger partial charge in [-0.3, -0.25) is 27.4 Å². The second-order valence-corrected chi connectivity index (χ2v) is 7.46. The maximum absolute atomic E-state index is 10.1. The first-order valence-corrected chi connectivity index (χ1v) is 14.8. The molecule has 0 saturated heterocycles. The molecule has 0 aliphatic rings. The van der Waals surface area contributed by atoms with Gasteiger partial charge in [0.25, 0.3) is 0 Å². The Morgan fingerprint density at radius 3 is 0.848 bits per heavy atom. The fourth-order valence-electron chi connectivity index (χ4n) is 0.571. The smallest absolute Gasteiger partial charge is 0.353 e. The van der Waals surface area contributed by atoms with Crippen LogP contribution in [0.5, 0.6) is 5.75 Å². The molecule has 33 heavy (non-hydrogen) atoms. The number of hydrogen-bond donors (Lipinski definition) is 6. The minimum absolute atomic E-state index is 0.912. The van der Waals surface area contributed by atoms with Crippen LogP contribution in [0.15, 0.2) is 24.3 Å². The molecule has 1 aromatic rings. The molecule has 0 amide bonds. The zero-order valence-corrected chi connectivity index (χ0v) is 23.7. The summed E-state index contributed by atoms with van der Waals surface area (Å²) in [7, 11) is -20.1. The zero-order valence-electron chi connectivity index (χ0n) is 15.5. The van der Waals surface area contributed by atoms with E-state index in [4.69, 9.17) is 61.5 Å². The van der Waals surface area contributed by atoms with Crippen molar-refractivity contribution in [2.45, 2.75) is 0 Å². The van der Waals surface area contributed by atoms with Crippen molar-refractivity contribution < 1.29 is 86.7 Å². The largest absolute Gasteiger partial charge is 0.497 e. The molecule has 0 saturated carbocycles. The zero-order chi connectivity index (χ0) is 28.2. The van der Waals surface area contributed by atoms with E-state index < -0.39 is 50.0 Å². The standard InChI is InChI=1S/C7H7IO.6FH2O2P/c1-9-7-4-2-6(8)3-5-7;6*1-4(2)3/h2-5H,1H3;6*4H,(H,2,3). The highest BCUT2D eigenvalue weighted by molar-refractivity contribution is 14.1. The summed E-state index contributed by atoms with van der Waals surface area (Å²) in [6.07, 6.45) is 0. The molecule has 26 heteroatoms. The fraction of sp³-hybridized carbons (Fsp3) is 0.143. The van der Waals surface area contributed by atoms with Gasteiger partial charge in [-0.1, -0.05) is 0 Å². The van der Waals surface area contributed by atoms with Gasteiger partial charge in [0.15, 0.2) is 0 Å². The van der Waals surface area contributed by atoms with Gasteiger partial charge in [0.1, 0.15) is 5.75 Å². The first-order valence-electron chi connectivity index (χ1n) is 6.32. The summed E-state index contributed by atoms with van der Waals surface area (Å²) in [5, 5.41) is 0. The second kappa shape index (κ2) is 37.0. The highest BCUT2D eigenvalue weighted by Crippen LogP contribution is 2.13. The Balaban J connectivity index is -0.0000000672. The third-order valence-corrected chi connectivity index (χ3v) is 1.77. The minimum Gasteiger partial charge on any atom is -0.497 e. The SMILES string of the molecule is COc1ccc(I)cc1.O=[PH](O)F.O=[PH](O)F.O=[PH](O)F.O=[PH](O)F.O=[PH](O)F.O=[PH](O)F. The molecule has 1 aromatic carbocycles. The van der Waals surface area contributed by atoms with Crippen molar-refractivity contribution in [3.8, 4) is 5.75 Å². The van der Waals surface area contributed by atoms with Crippen LogP contribution in [0.1, 0.15) is 0 Å². The number of ether oxygens (including phenoxy) is 1. The topological polar surface area (TPSA) is 233 Å². The molecule has 0 heterocycles. The Bertz CT molecular complexity index is 584. The Morgan fingerprint density at radius 1 is 0.576 bits per heavy atom. The molecule has 0 bridgehead atoms. The third kappa shape index (κ3) is 194. The summed E-state index contributed by atoms with van der Waals surface area (Å²) >= 11 is 2.26. The lowest BCUT2D eigenvalue weighted by Gasteiger charge is -1.96. The van der Waals surface area contributed by atoms with Crippen LogP contribution < -0.4 is 4.74 Å². The second-order valence-electron chi connectivity index (χ2n) is 3.18. The lowest BCUT2D eigenvalue weighted by molar-refractivity contribution is 0.414. The summed E-state index contributed by atoms with van der Waals surface area (Å²) in [5.41, 5.74) is 0. The summed E-state index contributed by atoms with van der Waals surface area (Å²) < 4.78 is 118. The molecular formula is C7H19F6IO13P6. The summed E-state index contributed by atoms with van der Waals surface area (Å²) in [6.45, 7) is 0. The van der Waals surface area contributed by atoms with Crippen molar-refractivity contribution in [3.05, 3.63) is 27.8 Å². The summed E-state index contributed by atoms with van der Waals surface area (Å²) in [5.74, 6) is 0.912. The third-order valence-electron chi connectivity index (χ3n) is 1.05. The predicted molar refractivity (Wildman–Crippen MR) is 120 cm³/mol. The van der Waals surface area contributed by atoms with E-state index in [0.29, 0.717) is 0 Å². The number of methoxy groups -OCH3 is 1. The monoisotopic (exact) mass is 738 g/mol. The van der Waals surface area contributed by atoms with Crippen molar-refractivity contribution >= 4 is 72.6 Å². The highest BCUT2D eigenvalue weighted by atomic mass is 127. The molecule has 0 fully saturated rings. The van der Waals surface area contributed by atoms with E-state index >= 15 is 0 Å². The van der Waals surface area contributed by atoms with Crippen LogP contribution in [0.2, 0.25) is 0 Å². The van der Waals surface area contributed by atoms with Crippen LogP contribution in [-0.2, 0) is 27.4 Å². The molecule has 0 aliphatic heterocycles. The predicted octanol–water partition coefficient (Wildman–Crippen LogP) is 4.33. The van der Waals surface area contributed by atoms with Crippen molar-refractivity contribution in [1.29, 1.82) is 0 Å². The molecule has 204 valence electrons. The number of halogens is 7. The van der Waals surface area contributed by atoms with E-state index in [9.17, 15) is 25.2 Å². The first kappa shape index (κ1) is 46.8. The van der Waals surface area contributed by atoms with Gasteiger partial charge in [-0.15, -0.1) is 0 Å². The average Bonchev–Trinajstić information content (AvgIpc) is 2.52. The fourth-order valence-corrected chi connectivity index (χ4v) is 0.930. The van der Waals surface area contributed by atoms with Gasteiger partial charge in [-0.2, -0.15) is 25.2 Å². The van der Waals surface area contributed by atoms with Gasteiger partial charge in [0, 0.05) is 3.57 Å². The van der Waals surface area contributed by atoms with Gasteiger partial charge >= 0.3 is 50.0 Å². The molecule has 1 rings (SSSR count). The van der Waals surface area contributed by atoms with Gasteiger partial charge in [-0.25, -0.2) is 0 Å². The molecule has 6 N–H and O–H groups in total. The lowest BCUT2D eigenvalue weighted by atomic mass is 10.3. The van der Waals surface area contributed by atoms with Crippen LogP contribution in [0, 0.1) is 3.57 Å². The molecule has 0 aliphatic carbocycles. The van der Waals surface area contributed by atoms with Gasteiger partial charge in [-0.05, 0) is 46.9 Å². The normalized spacial score (nSPS) is 13.8. The molecule has 0 spiro atoms. The van der Waals surface area contributed by atoms with Crippen molar-refractivity contribution in [1.82, 2.24) is 0 Å². The maximum Gasteiger partial charge on any atom is 0.353 e. The van der Waals surface area contributed by atoms with Gasteiger partial charge in [0.05, 0.1) is 7.11 Å². The summed E-state index contributed by atoms with van der Waals surface area (Å²) in [4.78, 5) is 41.6. The Kier molecular flexibility index (Phi) is 52.5. The van der Waals surface area contributed by atoms with Gasteiger partial charge in [0.2, 0.25) is 0 Å². The van der Waals surface area contributed by atoms with Crippen LogP contribution in [-0.4, -0.2) is 36.5 Å².